The van der Waals surface area contributed by atoms with E-state index in [1.165, 1.54) is 12.2 Å². The number of rotatable bonds is 0. The van der Waals surface area contributed by atoms with Crippen LogP contribution in [0.1, 0.15) is 53.9 Å². The summed E-state index contributed by atoms with van der Waals surface area (Å²) in [7, 11) is 0. The summed E-state index contributed by atoms with van der Waals surface area (Å²) in [6.45, 7) is 9.51. The molecule has 0 aromatic carbocycles. The van der Waals surface area contributed by atoms with Gasteiger partial charge in [0, 0.05) is 11.5 Å². The maximum Gasteiger partial charge on any atom is 0.188 e. The highest BCUT2D eigenvalue weighted by molar-refractivity contribution is 6.19. The Balaban J connectivity index is 2.06. The molecule has 4 heteroatoms. The third kappa shape index (κ3) is 2.51. The van der Waals surface area contributed by atoms with Crippen molar-refractivity contribution in [1.29, 1.82) is 0 Å². The molecular formula is C20H28O4. The Labute approximate surface area is 143 Å². The van der Waals surface area contributed by atoms with Crippen molar-refractivity contribution >= 4 is 11.6 Å². The summed E-state index contributed by atoms with van der Waals surface area (Å²) < 4.78 is 0. The first-order valence-electron chi connectivity index (χ1n) is 8.87. The highest BCUT2D eigenvalue weighted by Gasteiger charge is 2.59. The normalized spacial score (nSPS) is 44.9. The minimum Gasteiger partial charge on any atom is -0.386 e. The van der Waals surface area contributed by atoms with Gasteiger partial charge in [0.15, 0.2) is 17.2 Å². The first-order chi connectivity index (χ1) is 10.9. The molecular weight excluding hydrogens is 304 g/mol. The fourth-order valence-corrected chi connectivity index (χ4v) is 4.81. The van der Waals surface area contributed by atoms with Crippen LogP contribution >= 0.6 is 0 Å². The SMILES string of the molecule is CC1=C[C@]2(O)C(=O)[C@H](C)C[C@@H]3[C@H](CC[C@](C)(O)C=C2C1=O)C3(C)C. The average Bonchev–Trinajstić information content (AvgIpc) is 2.91. The molecule has 132 valence electrons. The molecule has 0 unspecified atom stereocenters. The van der Waals surface area contributed by atoms with E-state index in [-0.39, 0.29) is 28.5 Å². The Morgan fingerprint density at radius 1 is 1.08 bits per heavy atom. The maximum absolute atomic E-state index is 13.0. The average molecular weight is 332 g/mol. The molecule has 3 aliphatic rings. The third-order valence-electron chi connectivity index (χ3n) is 6.57. The third-order valence-corrected chi connectivity index (χ3v) is 6.57. The van der Waals surface area contributed by atoms with Crippen LogP contribution in [0, 0.1) is 23.2 Å². The number of fused-ring (bicyclic) bond motifs is 2. The summed E-state index contributed by atoms with van der Waals surface area (Å²) in [4.78, 5) is 25.4. The number of carbonyl (C=O) groups excluding carboxylic acids is 2. The Kier molecular flexibility index (Phi) is 3.75. The van der Waals surface area contributed by atoms with Gasteiger partial charge in [-0.1, -0.05) is 20.8 Å². The fourth-order valence-electron chi connectivity index (χ4n) is 4.81. The van der Waals surface area contributed by atoms with E-state index < -0.39 is 11.2 Å². The Bertz CT molecular complexity index is 667. The smallest absolute Gasteiger partial charge is 0.188 e. The number of carbonyl (C=O) groups is 2. The van der Waals surface area contributed by atoms with Crippen LogP contribution in [0.15, 0.2) is 23.3 Å². The predicted molar refractivity (Wildman–Crippen MR) is 91.2 cm³/mol. The zero-order valence-electron chi connectivity index (χ0n) is 15.2. The summed E-state index contributed by atoms with van der Waals surface area (Å²) in [6.07, 6.45) is 4.88. The van der Waals surface area contributed by atoms with Crippen LogP contribution in [0.2, 0.25) is 0 Å². The van der Waals surface area contributed by atoms with Crippen molar-refractivity contribution in [3.8, 4) is 0 Å². The van der Waals surface area contributed by atoms with Crippen molar-refractivity contribution in [2.75, 3.05) is 0 Å². The first kappa shape index (κ1) is 17.6. The van der Waals surface area contributed by atoms with E-state index in [1.807, 2.05) is 6.92 Å². The maximum atomic E-state index is 13.0. The van der Waals surface area contributed by atoms with Crippen molar-refractivity contribution in [2.45, 2.75) is 65.1 Å². The number of allylic oxidation sites excluding steroid dienone is 1. The van der Waals surface area contributed by atoms with Crippen LogP contribution in [0.4, 0.5) is 0 Å². The van der Waals surface area contributed by atoms with E-state index in [1.54, 1.807) is 13.8 Å². The van der Waals surface area contributed by atoms with Crippen molar-refractivity contribution in [3.63, 3.8) is 0 Å². The molecule has 0 heterocycles. The van der Waals surface area contributed by atoms with Crippen molar-refractivity contribution in [1.82, 2.24) is 0 Å². The van der Waals surface area contributed by atoms with Crippen LogP contribution in [0.25, 0.3) is 0 Å². The quantitative estimate of drug-likeness (QED) is 0.715. The molecule has 3 rings (SSSR count). The van der Waals surface area contributed by atoms with E-state index in [0.29, 0.717) is 23.8 Å². The van der Waals surface area contributed by atoms with Gasteiger partial charge in [-0.15, -0.1) is 0 Å². The van der Waals surface area contributed by atoms with Crippen LogP contribution in [0.5, 0.6) is 0 Å². The van der Waals surface area contributed by atoms with Crippen molar-refractivity contribution in [3.05, 3.63) is 23.3 Å². The molecule has 1 saturated carbocycles. The van der Waals surface area contributed by atoms with E-state index in [2.05, 4.69) is 13.8 Å². The number of aliphatic hydroxyl groups is 2. The summed E-state index contributed by atoms with van der Waals surface area (Å²) in [6, 6.07) is 0. The minimum absolute atomic E-state index is 0.0247. The summed E-state index contributed by atoms with van der Waals surface area (Å²) in [5.74, 6) is -0.121. The molecule has 0 amide bonds. The van der Waals surface area contributed by atoms with Gasteiger partial charge in [-0.2, -0.15) is 0 Å². The highest BCUT2D eigenvalue weighted by Crippen LogP contribution is 2.63. The van der Waals surface area contributed by atoms with E-state index in [0.717, 1.165) is 12.8 Å². The molecule has 0 aromatic rings. The number of Topliss-reactive ketones (excluding diaryl/α,β-unsaturated/α-hetero) is 2. The Morgan fingerprint density at radius 3 is 2.33 bits per heavy atom. The zero-order chi connectivity index (χ0) is 18.1. The lowest BCUT2D eigenvalue weighted by Crippen LogP contribution is -2.42. The summed E-state index contributed by atoms with van der Waals surface area (Å²) in [5.41, 5.74) is -2.56. The van der Waals surface area contributed by atoms with Gasteiger partial charge < -0.3 is 10.2 Å². The van der Waals surface area contributed by atoms with Crippen molar-refractivity contribution < 1.29 is 19.8 Å². The van der Waals surface area contributed by atoms with E-state index >= 15 is 0 Å². The Hall–Kier alpha value is -1.26. The predicted octanol–water partition coefficient (Wildman–Crippen LogP) is 2.59. The molecule has 24 heavy (non-hydrogen) atoms. The topological polar surface area (TPSA) is 74.6 Å². The second kappa shape index (κ2) is 5.12. The van der Waals surface area contributed by atoms with Gasteiger partial charge in [0.1, 0.15) is 0 Å². The minimum atomic E-state index is -1.90. The van der Waals surface area contributed by atoms with Crippen LogP contribution < -0.4 is 0 Å². The molecule has 1 fully saturated rings. The molecule has 0 bridgehead atoms. The number of hydrogen-bond donors (Lipinski definition) is 2. The van der Waals surface area contributed by atoms with Crippen LogP contribution in [0.3, 0.4) is 0 Å². The summed E-state index contributed by atoms with van der Waals surface area (Å²) in [5, 5.41) is 21.8. The largest absolute Gasteiger partial charge is 0.386 e. The Morgan fingerprint density at radius 2 is 1.71 bits per heavy atom. The molecule has 4 nitrogen and oxygen atoms in total. The van der Waals surface area contributed by atoms with Gasteiger partial charge in [-0.05, 0) is 68.1 Å². The number of hydrogen-bond acceptors (Lipinski definition) is 4. The number of ketones is 2. The molecule has 2 N–H and O–H groups in total. The molecule has 0 aromatic heterocycles. The van der Waals surface area contributed by atoms with Gasteiger partial charge >= 0.3 is 0 Å². The van der Waals surface area contributed by atoms with Crippen LogP contribution in [-0.2, 0) is 9.59 Å². The molecule has 0 spiro atoms. The van der Waals surface area contributed by atoms with E-state index in [4.69, 9.17) is 0 Å². The lowest BCUT2D eigenvalue weighted by atomic mass is 9.81. The zero-order valence-corrected chi connectivity index (χ0v) is 15.2. The lowest BCUT2D eigenvalue weighted by molar-refractivity contribution is -0.135. The second-order valence-corrected chi connectivity index (χ2v) is 8.91. The monoisotopic (exact) mass is 332 g/mol. The van der Waals surface area contributed by atoms with Gasteiger partial charge in [-0.3, -0.25) is 9.59 Å². The van der Waals surface area contributed by atoms with E-state index in [9.17, 15) is 19.8 Å². The molecule has 3 aliphatic carbocycles. The highest BCUT2D eigenvalue weighted by atomic mass is 16.3. The fraction of sp³-hybridized carbons (Fsp3) is 0.700. The molecule has 5 atom stereocenters. The molecule has 0 radical (unpaired) electrons. The standard InChI is InChI=1S/C20H28O4/c1-11-8-14-13(18(14,3)4)6-7-19(5,23)10-15-16(21)12(2)9-20(15,24)17(11)22/h9-11,13-14,23-24H,6-8H2,1-5H3/t11-,13+,14-,19+,20-/m1/s1. The molecule has 0 aliphatic heterocycles. The second-order valence-electron chi connectivity index (χ2n) is 8.91. The van der Waals surface area contributed by atoms with Crippen molar-refractivity contribution in [2.24, 2.45) is 23.2 Å². The van der Waals surface area contributed by atoms with Gasteiger partial charge in [-0.25, -0.2) is 0 Å². The van der Waals surface area contributed by atoms with Crippen LogP contribution in [-0.4, -0.2) is 33.0 Å². The molecule has 0 saturated heterocycles. The first-order valence-corrected chi connectivity index (χ1v) is 8.87. The van der Waals surface area contributed by atoms with Gasteiger partial charge in [0.25, 0.3) is 0 Å². The summed E-state index contributed by atoms with van der Waals surface area (Å²) >= 11 is 0. The van der Waals surface area contributed by atoms with Gasteiger partial charge in [0.2, 0.25) is 0 Å². The lowest BCUT2D eigenvalue weighted by Gasteiger charge is -2.27. The van der Waals surface area contributed by atoms with Gasteiger partial charge in [0.05, 0.1) is 5.60 Å².